The number of hydrogen-bond donors (Lipinski definition) is 2. The molecule has 0 saturated heterocycles. The van der Waals surface area contributed by atoms with Crippen molar-refractivity contribution >= 4 is 28.9 Å². The number of allylic oxidation sites excluding steroid dienone is 1. The lowest BCUT2D eigenvalue weighted by molar-refractivity contribution is 0.102. The van der Waals surface area contributed by atoms with E-state index in [-0.39, 0.29) is 22.3 Å². The zero-order valence-corrected chi connectivity index (χ0v) is 24.5. The highest BCUT2D eigenvalue weighted by Gasteiger charge is 2.22. The number of rotatable bonds is 9. The molecular weight excluding hydrogens is 518 g/mol. The van der Waals surface area contributed by atoms with Gasteiger partial charge in [0.05, 0.1) is 40.9 Å². The number of carbonyl (C=O) groups excluding carboxylic acids is 2. The zero-order valence-electron chi connectivity index (χ0n) is 24.5. The molecule has 3 rings (SSSR count). The fourth-order valence-corrected chi connectivity index (χ4v) is 3.91. The van der Waals surface area contributed by atoms with Gasteiger partial charge in [0.25, 0.3) is 11.8 Å². The number of aliphatic imine (C=N–C) groups is 1. The normalized spacial score (nSPS) is 11.6. The summed E-state index contributed by atoms with van der Waals surface area (Å²) < 4.78 is 11.2. The maximum atomic E-state index is 13.2. The Hall–Kier alpha value is -4.97. The molecule has 0 aliphatic rings. The molecule has 9 nitrogen and oxygen atoms in total. The minimum atomic E-state index is -0.491. The van der Waals surface area contributed by atoms with Crippen LogP contribution in [0.3, 0.4) is 0 Å². The fraction of sp³-hybridized carbons (Fsp3) is 0.281. The third-order valence-electron chi connectivity index (χ3n) is 6.27. The van der Waals surface area contributed by atoms with Crippen LogP contribution in [-0.2, 0) is 5.41 Å². The molecule has 2 N–H and O–H groups in total. The number of aryl methyl sites for hydroxylation is 1. The van der Waals surface area contributed by atoms with Crippen LogP contribution in [0.1, 0.15) is 65.2 Å². The van der Waals surface area contributed by atoms with Gasteiger partial charge in [-0.15, -0.1) is 0 Å². The maximum absolute atomic E-state index is 13.2. The Balaban J connectivity index is 1.79. The summed E-state index contributed by atoms with van der Waals surface area (Å²) in [5.41, 5.74) is 3.53. The largest absolute Gasteiger partial charge is 0.493 e. The fourth-order valence-electron chi connectivity index (χ4n) is 3.91. The highest BCUT2D eigenvalue weighted by atomic mass is 16.5. The van der Waals surface area contributed by atoms with Gasteiger partial charge in [0.15, 0.2) is 5.75 Å². The molecule has 0 spiro atoms. The second-order valence-electron chi connectivity index (χ2n) is 10.3. The van der Waals surface area contributed by atoms with Gasteiger partial charge in [-0.05, 0) is 73.4 Å². The number of methoxy groups -OCH3 is 1. The van der Waals surface area contributed by atoms with Gasteiger partial charge in [-0.2, -0.15) is 5.26 Å². The minimum absolute atomic E-state index is 0.181. The second kappa shape index (κ2) is 13.4. The lowest BCUT2D eigenvalue weighted by atomic mass is 9.85. The molecule has 0 aliphatic carbocycles. The molecule has 1 aromatic heterocycles. The van der Waals surface area contributed by atoms with Crippen molar-refractivity contribution in [2.24, 2.45) is 4.99 Å². The summed E-state index contributed by atoms with van der Waals surface area (Å²) in [6, 6.07) is 14.1. The maximum Gasteiger partial charge on any atom is 0.257 e. The van der Waals surface area contributed by atoms with E-state index in [4.69, 9.17) is 9.47 Å². The van der Waals surface area contributed by atoms with Crippen LogP contribution in [0.2, 0.25) is 0 Å². The Bertz CT molecular complexity index is 1530. The molecule has 0 saturated carbocycles. The standard InChI is InChI=1S/C32H35N5O4/c1-8-9-25(34-6)19-41-26-12-10-24(11-13-26)36-31(39)27-15-22(18-35-20(27)2)30(38)37-28-16-23(32(3,4)5)14-21(17-33)29(28)40-7/h8-16,18H,19H2,1-7H3,(H,36,39)(H,37,38)/b9-8-,34-25?. The van der Waals surface area contributed by atoms with Gasteiger partial charge in [0, 0.05) is 18.9 Å². The van der Waals surface area contributed by atoms with Crippen LogP contribution in [0, 0.1) is 18.3 Å². The third kappa shape index (κ3) is 7.79. The van der Waals surface area contributed by atoms with E-state index in [2.05, 4.69) is 26.7 Å². The van der Waals surface area contributed by atoms with Crippen LogP contribution in [0.25, 0.3) is 0 Å². The summed E-state index contributed by atoms with van der Waals surface area (Å²) in [4.78, 5) is 34.8. The van der Waals surface area contributed by atoms with Crippen LogP contribution in [0.4, 0.5) is 11.4 Å². The first-order valence-corrected chi connectivity index (χ1v) is 13.0. The van der Waals surface area contributed by atoms with Crippen molar-refractivity contribution in [2.45, 2.75) is 40.0 Å². The van der Waals surface area contributed by atoms with Crippen molar-refractivity contribution in [3.05, 3.63) is 88.8 Å². The molecule has 0 radical (unpaired) electrons. The summed E-state index contributed by atoms with van der Waals surface area (Å²) in [7, 11) is 3.15. The van der Waals surface area contributed by atoms with Gasteiger partial charge in [-0.3, -0.25) is 19.6 Å². The SMILES string of the molecule is C/C=C\C(COc1ccc(NC(=O)c2cc(C(=O)Nc3cc(C(C)(C)C)cc(C#N)c3OC)cnc2C)cc1)=NC. The lowest BCUT2D eigenvalue weighted by Gasteiger charge is -2.22. The van der Waals surface area contributed by atoms with Crippen LogP contribution >= 0.6 is 0 Å². The first-order chi connectivity index (χ1) is 19.5. The van der Waals surface area contributed by atoms with E-state index in [0.29, 0.717) is 35.0 Å². The average molecular weight is 554 g/mol. The van der Waals surface area contributed by atoms with Gasteiger partial charge in [-0.1, -0.05) is 26.8 Å². The topological polar surface area (TPSA) is 126 Å². The molecule has 3 aromatic rings. The van der Waals surface area contributed by atoms with Crippen molar-refractivity contribution in [1.29, 1.82) is 5.26 Å². The Morgan fingerprint density at radius 2 is 1.80 bits per heavy atom. The number of anilines is 2. The number of nitrogens with zero attached hydrogens (tertiary/aromatic N) is 3. The molecule has 41 heavy (non-hydrogen) atoms. The summed E-state index contributed by atoms with van der Waals surface area (Å²) in [6.07, 6.45) is 5.18. The molecule has 0 atom stereocenters. The molecule has 2 aromatic carbocycles. The van der Waals surface area contributed by atoms with Crippen molar-refractivity contribution in [1.82, 2.24) is 4.98 Å². The van der Waals surface area contributed by atoms with Crippen molar-refractivity contribution in [3.8, 4) is 17.6 Å². The smallest absolute Gasteiger partial charge is 0.257 e. The highest BCUT2D eigenvalue weighted by Crippen LogP contribution is 2.35. The Kier molecular flexibility index (Phi) is 9.99. The van der Waals surface area contributed by atoms with E-state index in [9.17, 15) is 14.9 Å². The number of nitrogens with one attached hydrogen (secondary N) is 2. The van der Waals surface area contributed by atoms with Crippen LogP contribution < -0.4 is 20.1 Å². The molecule has 9 heteroatoms. The molecule has 0 unspecified atom stereocenters. The predicted molar refractivity (Wildman–Crippen MR) is 161 cm³/mol. The number of amides is 2. The third-order valence-corrected chi connectivity index (χ3v) is 6.27. The minimum Gasteiger partial charge on any atom is -0.493 e. The molecule has 2 amide bonds. The van der Waals surface area contributed by atoms with Crippen LogP contribution in [-0.4, -0.2) is 43.3 Å². The number of aromatic nitrogens is 1. The number of ether oxygens (including phenoxy) is 2. The molecule has 1 heterocycles. The first-order valence-electron chi connectivity index (χ1n) is 13.0. The molecule has 0 bridgehead atoms. The summed E-state index contributed by atoms with van der Waals surface area (Å²) >= 11 is 0. The highest BCUT2D eigenvalue weighted by molar-refractivity contribution is 6.09. The van der Waals surface area contributed by atoms with Crippen molar-refractivity contribution in [2.75, 3.05) is 31.4 Å². The molecular formula is C32H35N5O4. The van der Waals surface area contributed by atoms with E-state index in [1.54, 1.807) is 50.4 Å². The first kappa shape index (κ1) is 30.6. The van der Waals surface area contributed by atoms with Crippen molar-refractivity contribution in [3.63, 3.8) is 0 Å². The Morgan fingerprint density at radius 3 is 2.39 bits per heavy atom. The summed E-state index contributed by atoms with van der Waals surface area (Å²) in [6.45, 7) is 9.98. The van der Waals surface area contributed by atoms with E-state index in [1.165, 1.54) is 19.4 Å². The number of benzene rings is 2. The number of nitriles is 1. The van der Waals surface area contributed by atoms with E-state index in [1.807, 2.05) is 39.8 Å². The van der Waals surface area contributed by atoms with Gasteiger partial charge in [0.2, 0.25) is 0 Å². The van der Waals surface area contributed by atoms with E-state index < -0.39 is 11.8 Å². The average Bonchev–Trinajstić information content (AvgIpc) is 2.95. The van der Waals surface area contributed by atoms with E-state index >= 15 is 0 Å². The van der Waals surface area contributed by atoms with Gasteiger partial charge >= 0.3 is 0 Å². The van der Waals surface area contributed by atoms with Crippen LogP contribution in [0.15, 0.2) is 65.8 Å². The number of carbonyl (C=O) groups is 2. The zero-order chi connectivity index (χ0) is 30.2. The lowest BCUT2D eigenvalue weighted by Crippen LogP contribution is -2.19. The Morgan fingerprint density at radius 1 is 1.10 bits per heavy atom. The van der Waals surface area contributed by atoms with Gasteiger partial charge < -0.3 is 20.1 Å². The van der Waals surface area contributed by atoms with Gasteiger partial charge in [-0.25, -0.2) is 0 Å². The van der Waals surface area contributed by atoms with Gasteiger partial charge in [0.1, 0.15) is 18.4 Å². The second-order valence-corrected chi connectivity index (χ2v) is 10.3. The monoisotopic (exact) mass is 553 g/mol. The number of pyridine rings is 1. The summed E-state index contributed by atoms with van der Waals surface area (Å²) in [5, 5.41) is 15.3. The Labute approximate surface area is 240 Å². The molecule has 0 fully saturated rings. The van der Waals surface area contributed by atoms with E-state index in [0.717, 1.165) is 11.3 Å². The van der Waals surface area contributed by atoms with Crippen LogP contribution in [0.5, 0.6) is 11.5 Å². The van der Waals surface area contributed by atoms with Crippen molar-refractivity contribution < 1.29 is 19.1 Å². The summed E-state index contributed by atoms with van der Waals surface area (Å²) in [5.74, 6) is -0.00452. The molecule has 212 valence electrons. The molecule has 0 aliphatic heterocycles. The quantitative estimate of drug-likeness (QED) is 0.309. The predicted octanol–water partition coefficient (Wildman–Crippen LogP) is 6.10. The number of hydrogen-bond acceptors (Lipinski definition) is 7.